The van der Waals surface area contributed by atoms with E-state index in [0.717, 1.165) is 0 Å². The summed E-state index contributed by atoms with van der Waals surface area (Å²) in [5, 5.41) is 8.80. The molecule has 0 fully saturated rings. The average molecular weight is 213 g/mol. The lowest BCUT2D eigenvalue weighted by Crippen LogP contribution is -2.07. The van der Waals surface area contributed by atoms with Crippen LogP contribution in [0.1, 0.15) is 30.5 Å². The van der Waals surface area contributed by atoms with Crippen molar-refractivity contribution < 1.29 is 13.2 Å². The fraction of sp³-hybridized carbons (Fsp3) is 0.364. The highest BCUT2D eigenvalue weighted by molar-refractivity contribution is 5.46. The summed E-state index contributed by atoms with van der Waals surface area (Å²) in [4.78, 5) is 0. The Hall–Kier alpha value is -1.50. The molecule has 1 aromatic rings. The zero-order chi connectivity index (χ0) is 11.6. The fourth-order valence-electron chi connectivity index (χ4n) is 1.56. The van der Waals surface area contributed by atoms with Crippen molar-refractivity contribution in [2.45, 2.75) is 26.7 Å². The van der Waals surface area contributed by atoms with Gasteiger partial charge in [-0.1, -0.05) is 13.8 Å². The van der Waals surface area contributed by atoms with Crippen molar-refractivity contribution in [3.05, 3.63) is 34.1 Å². The molecule has 0 aliphatic heterocycles. The Morgan fingerprint density at radius 1 is 0.933 bits per heavy atom. The van der Waals surface area contributed by atoms with Crippen molar-refractivity contribution in [3.63, 3.8) is 0 Å². The molecule has 0 spiro atoms. The summed E-state index contributed by atoms with van der Waals surface area (Å²) < 4.78 is 39.6. The Labute approximate surface area is 86.1 Å². The van der Waals surface area contributed by atoms with Crippen LogP contribution in [-0.2, 0) is 12.8 Å². The first-order chi connectivity index (χ1) is 7.08. The fourth-order valence-corrected chi connectivity index (χ4v) is 1.56. The van der Waals surface area contributed by atoms with E-state index < -0.39 is 17.5 Å². The molecule has 80 valence electrons. The van der Waals surface area contributed by atoms with Gasteiger partial charge in [-0.05, 0) is 12.8 Å². The van der Waals surface area contributed by atoms with Gasteiger partial charge in [-0.3, -0.25) is 0 Å². The molecule has 0 saturated heterocycles. The second-order valence-electron chi connectivity index (χ2n) is 3.09. The molecule has 0 unspecified atom stereocenters. The number of nitrogens with zero attached hydrogens (tertiary/aromatic N) is 1. The molecule has 15 heavy (non-hydrogen) atoms. The van der Waals surface area contributed by atoms with Gasteiger partial charge in [-0.15, -0.1) is 0 Å². The van der Waals surface area contributed by atoms with Gasteiger partial charge in [0.2, 0.25) is 0 Å². The van der Waals surface area contributed by atoms with E-state index in [2.05, 4.69) is 0 Å². The van der Waals surface area contributed by atoms with Crippen LogP contribution in [0.3, 0.4) is 0 Å². The molecule has 0 aromatic heterocycles. The molecule has 4 heteroatoms. The quantitative estimate of drug-likeness (QED) is 0.692. The second-order valence-corrected chi connectivity index (χ2v) is 3.09. The molecule has 0 saturated carbocycles. The van der Waals surface area contributed by atoms with Crippen LogP contribution in [0.5, 0.6) is 0 Å². The van der Waals surface area contributed by atoms with E-state index in [4.69, 9.17) is 5.26 Å². The molecule has 0 bridgehead atoms. The maximum absolute atomic E-state index is 13.3. The van der Waals surface area contributed by atoms with Crippen molar-refractivity contribution in [1.82, 2.24) is 0 Å². The molecule has 0 N–H and O–H groups in total. The van der Waals surface area contributed by atoms with Gasteiger partial charge in [-0.25, -0.2) is 13.2 Å². The SMILES string of the molecule is CCc1c(F)c(F)c(F)c(CC)c1C#N. The maximum atomic E-state index is 13.3. The highest BCUT2D eigenvalue weighted by atomic mass is 19.2. The van der Waals surface area contributed by atoms with Gasteiger partial charge >= 0.3 is 0 Å². The predicted molar refractivity (Wildman–Crippen MR) is 49.8 cm³/mol. The van der Waals surface area contributed by atoms with Crippen molar-refractivity contribution in [1.29, 1.82) is 5.26 Å². The Morgan fingerprint density at radius 2 is 1.33 bits per heavy atom. The molecule has 1 aromatic carbocycles. The van der Waals surface area contributed by atoms with E-state index in [1.807, 2.05) is 0 Å². The highest BCUT2D eigenvalue weighted by Gasteiger charge is 2.22. The number of nitriles is 1. The van der Waals surface area contributed by atoms with E-state index in [-0.39, 0.29) is 29.5 Å². The van der Waals surface area contributed by atoms with Gasteiger partial charge < -0.3 is 0 Å². The second kappa shape index (κ2) is 4.35. The van der Waals surface area contributed by atoms with Gasteiger partial charge in [0.1, 0.15) is 0 Å². The standard InChI is InChI=1S/C11H10F3N/c1-3-6-8(5-15)7(4-2)10(13)11(14)9(6)12/h3-4H2,1-2H3. The zero-order valence-electron chi connectivity index (χ0n) is 8.50. The Bertz CT molecular complexity index is 401. The minimum atomic E-state index is -1.48. The number of rotatable bonds is 2. The molecule has 1 rings (SSSR count). The van der Waals surface area contributed by atoms with Crippen LogP contribution in [0.15, 0.2) is 0 Å². The molecule has 0 heterocycles. The molecular formula is C11H10F3N. The summed E-state index contributed by atoms with van der Waals surface area (Å²) in [6, 6.07) is 1.73. The van der Waals surface area contributed by atoms with Gasteiger partial charge in [0, 0.05) is 11.1 Å². The van der Waals surface area contributed by atoms with Crippen LogP contribution in [-0.4, -0.2) is 0 Å². The predicted octanol–water partition coefficient (Wildman–Crippen LogP) is 3.10. The average Bonchev–Trinajstić information content (AvgIpc) is 2.25. The lowest BCUT2D eigenvalue weighted by atomic mass is 9.97. The van der Waals surface area contributed by atoms with Crippen LogP contribution in [0.25, 0.3) is 0 Å². The third-order valence-corrected chi connectivity index (χ3v) is 2.34. The number of hydrogen-bond donors (Lipinski definition) is 0. The zero-order valence-corrected chi connectivity index (χ0v) is 8.50. The van der Waals surface area contributed by atoms with Crippen molar-refractivity contribution in [3.8, 4) is 6.07 Å². The Balaban J connectivity index is 3.69. The first kappa shape index (κ1) is 11.6. The van der Waals surface area contributed by atoms with Gasteiger partial charge in [0.05, 0.1) is 11.6 Å². The van der Waals surface area contributed by atoms with Gasteiger partial charge in [0.25, 0.3) is 0 Å². The summed E-state index contributed by atoms with van der Waals surface area (Å²) in [6.45, 7) is 3.19. The first-order valence-electron chi connectivity index (χ1n) is 4.66. The van der Waals surface area contributed by atoms with E-state index in [1.54, 1.807) is 19.9 Å². The summed E-state index contributed by atoms with van der Waals surface area (Å²) in [6.07, 6.45) is 0.331. The van der Waals surface area contributed by atoms with E-state index >= 15 is 0 Å². The van der Waals surface area contributed by atoms with Gasteiger partial charge in [0.15, 0.2) is 17.5 Å². The topological polar surface area (TPSA) is 23.8 Å². The maximum Gasteiger partial charge on any atom is 0.195 e. The minimum Gasteiger partial charge on any atom is -0.203 e. The summed E-state index contributed by atoms with van der Waals surface area (Å²) in [7, 11) is 0. The third kappa shape index (κ3) is 1.70. The van der Waals surface area contributed by atoms with Crippen LogP contribution < -0.4 is 0 Å². The van der Waals surface area contributed by atoms with E-state index in [0.29, 0.717) is 0 Å². The largest absolute Gasteiger partial charge is 0.203 e. The lowest BCUT2D eigenvalue weighted by Gasteiger charge is -2.10. The summed E-state index contributed by atoms with van der Waals surface area (Å²) in [5.41, 5.74) is -0.169. The highest BCUT2D eigenvalue weighted by Crippen LogP contribution is 2.25. The smallest absolute Gasteiger partial charge is 0.195 e. The summed E-state index contributed by atoms with van der Waals surface area (Å²) in [5.74, 6) is -3.98. The molecular weight excluding hydrogens is 203 g/mol. The monoisotopic (exact) mass is 213 g/mol. The van der Waals surface area contributed by atoms with Crippen LogP contribution in [0.2, 0.25) is 0 Å². The van der Waals surface area contributed by atoms with Crippen LogP contribution in [0, 0.1) is 28.8 Å². The molecule has 0 aliphatic carbocycles. The number of halogens is 3. The Morgan fingerprint density at radius 3 is 1.60 bits per heavy atom. The molecule has 0 amide bonds. The first-order valence-corrected chi connectivity index (χ1v) is 4.66. The molecule has 0 radical (unpaired) electrons. The van der Waals surface area contributed by atoms with Crippen LogP contribution in [0.4, 0.5) is 13.2 Å². The number of hydrogen-bond acceptors (Lipinski definition) is 1. The normalized spacial score (nSPS) is 10.1. The molecule has 1 nitrogen and oxygen atoms in total. The van der Waals surface area contributed by atoms with E-state index in [9.17, 15) is 13.2 Å². The van der Waals surface area contributed by atoms with Crippen molar-refractivity contribution >= 4 is 0 Å². The summed E-state index contributed by atoms with van der Waals surface area (Å²) >= 11 is 0. The third-order valence-electron chi connectivity index (χ3n) is 2.34. The Kier molecular flexibility index (Phi) is 3.35. The van der Waals surface area contributed by atoms with Crippen molar-refractivity contribution in [2.75, 3.05) is 0 Å². The van der Waals surface area contributed by atoms with Crippen molar-refractivity contribution in [2.24, 2.45) is 0 Å². The van der Waals surface area contributed by atoms with E-state index in [1.165, 1.54) is 0 Å². The van der Waals surface area contributed by atoms with Gasteiger partial charge in [-0.2, -0.15) is 5.26 Å². The minimum absolute atomic E-state index is 0.0479. The molecule has 0 atom stereocenters. The lowest BCUT2D eigenvalue weighted by molar-refractivity contribution is 0.435. The number of benzene rings is 1. The van der Waals surface area contributed by atoms with Crippen LogP contribution >= 0.6 is 0 Å². The molecule has 0 aliphatic rings.